The fourth-order valence-corrected chi connectivity index (χ4v) is 3.88. The number of alkyl halides is 3. The Labute approximate surface area is 220 Å². The minimum Gasteiger partial charge on any atom is -0.481 e. The molecule has 1 amide bonds. The number of anilines is 3. The smallest absolute Gasteiger partial charge is 0.416 e. The zero-order chi connectivity index (χ0) is 27.6. The molecule has 2 aromatic carbocycles. The van der Waals surface area contributed by atoms with E-state index in [0.717, 1.165) is 12.1 Å². The first-order valence-corrected chi connectivity index (χ1v) is 11.7. The molecule has 0 saturated carbocycles. The standard InChI is InChI=1S/C27H22F3N7O2/c1-16(38)33-20-8-10-21(11-9-20)34-25-23-26(36-24(35-25)18-5-12-22(39-2)31-13-18)37(15-32-23)14-17-3-6-19(7-4-17)27(28,29)30/h3-13,15H,14H2,1-2H3,(H,33,38)(H,34,35,36). The van der Waals surface area contributed by atoms with Crippen molar-refractivity contribution in [1.82, 2.24) is 24.5 Å². The maximum absolute atomic E-state index is 13.0. The van der Waals surface area contributed by atoms with Crippen molar-refractivity contribution >= 4 is 34.3 Å². The number of imidazole rings is 1. The summed E-state index contributed by atoms with van der Waals surface area (Å²) in [5, 5.41) is 5.97. The molecule has 0 bridgehead atoms. The molecule has 12 heteroatoms. The Morgan fingerprint density at radius 1 is 0.949 bits per heavy atom. The van der Waals surface area contributed by atoms with Crippen LogP contribution < -0.4 is 15.4 Å². The molecule has 0 aliphatic carbocycles. The number of nitrogens with zero attached hydrogens (tertiary/aromatic N) is 5. The fourth-order valence-electron chi connectivity index (χ4n) is 3.88. The average Bonchev–Trinajstić information content (AvgIpc) is 3.32. The van der Waals surface area contributed by atoms with Gasteiger partial charge in [-0.2, -0.15) is 13.2 Å². The number of fused-ring (bicyclic) bond motifs is 1. The minimum atomic E-state index is -4.41. The third-order valence-corrected chi connectivity index (χ3v) is 5.77. The zero-order valence-electron chi connectivity index (χ0n) is 20.8. The number of aromatic nitrogens is 5. The number of methoxy groups -OCH3 is 1. The lowest BCUT2D eigenvalue weighted by molar-refractivity contribution is -0.137. The summed E-state index contributed by atoms with van der Waals surface area (Å²) in [6.07, 6.45) is -1.25. The summed E-state index contributed by atoms with van der Waals surface area (Å²) in [5.74, 6) is 1.04. The van der Waals surface area contributed by atoms with Gasteiger partial charge in [-0.25, -0.2) is 19.9 Å². The molecule has 5 aromatic rings. The molecule has 0 fully saturated rings. The lowest BCUT2D eigenvalue weighted by Gasteiger charge is -2.11. The van der Waals surface area contributed by atoms with Gasteiger partial charge in [0.1, 0.15) is 0 Å². The van der Waals surface area contributed by atoms with Crippen LogP contribution >= 0.6 is 0 Å². The van der Waals surface area contributed by atoms with Crippen LogP contribution in [-0.4, -0.2) is 37.5 Å². The Hall–Kier alpha value is -5.00. The number of pyridine rings is 1. The van der Waals surface area contributed by atoms with Crippen molar-refractivity contribution in [1.29, 1.82) is 0 Å². The molecule has 5 rings (SSSR count). The van der Waals surface area contributed by atoms with Gasteiger partial charge in [0, 0.05) is 36.1 Å². The highest BCUT2D eigenvalue weighted by Gasteiger charge is 2.30. The SMILES string of the molecule is COc1ccc(-c2nc(Nc3ccc(NC(C)=O)cc3)c3ncn(Cc4ccc(C(F)(F)F)cc4)c3n2)cn1. The molecule has 39 heavy (non-hydrogen) atoms. The lowest BCUT2D eigenvalue weighted by atomic mass is 10.1. The molecule has 0 aliphatic heterocycles. The molecule has 3 heterocycles. The van der Waals surface area contributed by atoms with Crippen molar-refractivity contribution in [2.45, 2.75) is 19.6 Å². The predicted molar refractivity (Wildman–Crippen MR) is 140 cm³/mol. The number of hydrogen-bond acceptors (Lipinski definition) is 7. The Balaban J connectivity index is 1.53. The number of rotatable bonds is 7. The number of amides is 1. The van der Waals surface area contributed by atoms with Gasteiger partial charge >= 0.3 is 6.18 Å². The fraction of sp³-hybridized carbons (Fsp3) is 0.148. The molecule has 0 unspecified atom stereocenters. The largest absolute Gasteiger partial charge is 0.481 e. The topological polar surface area (TPSA) is 107 Å². The van der Waals surface area contributed by atoms with Crippen molar-refractivity contribution < 1.29 is 22.7 Å². The minimum absolute atomic E-state index is 0.176. The first-order chi connectivity index (χ1) is 18.7. The average molecular weight is 534 g/mol. The van der Waals surface area contributed by atoms with E-state index in [4.69, 9.17) is 9.72 Å². The first kappa shape index (κ1) is 25.6. The Bertz CT molecular complexity index is 1620. The number of benzene rings is 2. The second-order valence-electron chi connectivity index (χ2n) is 8.61. The first-order valence-electron chi connectivity index (χ1n) is 11.7. The van der Waals surface area contributed by atoms with Gasteiger partial charge in [0.2, 0.25) is 11.8 Å². The van der Waals surface area contributed by atoms with Gasteiger partial charge in [-0.1, -0.05) is 12.1 Å². The highest BCUT2D eigenvalue weighted by Crippen LogP contribution is 2.30. The zero-order valence-corrected chi connectivity index (χ0v) is 20.8. The van der Waals surface area contributed by atoms with Crippen LogP contribution in [0.4, 0.5) is 30.4 Å². The van der Waals surface area contributed by atoms with E-state index in [1.807, 2.05) is 0 Å². The van der Waals surface area contributed by atoms with E-state index in [1.165, 1.54) is 26.2 Å². The summed E-state index contributed by atoms with van der Waals surface area (Å²) in [4.78, 5) is 29.4. The van der Waals surface area contributed by atoms with E-state index < -0.39 is 11.7 Å². The van der Waals surface area contributed by atoms with Crippen molar-refractivity contribution in [3.05, 3.63) is 84.3 Å². The third kappa shape index (κ3) is 5.79. The van der Waals surface area contributed by atoms with Crippen LogP contribution in [0.15, 0.2) is 73.2 Å². The monoisotopic (exact) mass is 533 g/mol. The van der Waals surface area contributed by atoms with Crippen LogP contribution in [0.1, 0.15) is 18.1 Å². The van der Waals surface area contributed by atoms with Gasteiger partial charge < -0.3 is 19.9 Å². The molecule has 0 atom stereocenters. The number of carbonyl (C=O) groups is 1. The number of ether oxygens (including phenoxy) is 1. The maximum Gasteiger partial charge on any atom is 0.416 e. The summed E-state index contributed by atoms with van der Waals surface area (Å²) >= 11 is 0. The van der Waals surface area contributed by atoms with Crippen LogP contribution in [0.5, 0.6) is 5.88 Å². The number of carbonyl (C=O) groups excluding carboxylic acids is 1. The second kappa shape index (κ2) is 10.4. The van der Waals surface area contributed by atoms with Gasteiger partial charge in [0.15, 0.2) is 22.8 Å². The molecular weight excluding hydrogens is 511 g/mol. The number of halogens is 3. The Kier molecular flexibility index (Phi) is 6.84. The molecule has 9 nitrogen and oxygen atoms in total. The molecule has 0 saturated heterocycles. The van der Waals surface area contributed by atoms with E-state index in [1.54, 1.807) is 53.5 Å². The summed E-state index contributed by atoms with van der Waals surface area (Å²) in [6, 6.07) is 15.5. The Morgan fingerprint density at radius 3 is 2.28 bits per heavy atom. The molecule has 0 radical (unpaired) electrons. The van der Waals surface area contributed by atoms with Crippen LogP contribution in [0.3, 0.4) is 0 Å². The van der Waals surface area contributed by atoms with E-state index >= 15 is 0 Å². The van der Waals surface area contributed by atoms with Crippen LogP contribution in [-0.2, 0) is 17.5 Å². The van der Waals surface area contributed by atoms with Crippen molar-refractivity contribution in [2.24, 2.45) is 0 Å². The van der Waals surface area contributed by atoms with Gasteiger partial charge in [0.25, 0.3) is 0 Å². The molecule has 198 valence electrons. The maximum atomic E-state index is 13.0. The normalized spacial score (nSPS) is 11.4. The Morgan fingerprint density at radius 2 is 1.67 bits per heavy atom. The van der Waals surface area contributed by atoms with Gasteiger partial charge in [-0.05, 0) is 48.0 Å². The van der Waals surface area contributed by atoms with Crippen molar-refractivity contribution in [3.8, 4) is 17.3 Å². The van der Waals surface area contributed by atoms with E-state index in [0.29, 0.717) is 51.2 Å². The quantitative estimate of drug-likeness (QED) is 0.278. The predicted octanol–water partition coefficient (Wildman–Crippen LogP) is 5.67. The molecule has 0 aliphatic rings. The number of nitrogens with one attached hydrogen (secondary N) is 2. The van der Waals surface area contributed by atoms with Gasteiger partial charge in [-0.15, -0.1) is 0 Å². The van der Waals surface area contributed by atoms with Crippen LogP contribution in [0, 0.1) is 0 Å². The highest BCUT2D eigenvalue weighted by atomic mass is 19.4. The second-order valence-corrected chi connectivity index (χ2v) is 8.61. The number of hydrogen-bond donors (Lipinski definition) is 2. The molecule has 3 aromatic heterocycles. The van der Waals surface area contributed by atoms with E-state index in [2.05, 4.69) is 25.6 Å². The van der Waals surface area contributed by atoms with Gasteiger partial charge in [0.05, 0.1) is 25.5 Å². The van der Waals surface area contributed by atoms with Crippen molar-refractivity contribution in [2.75, 3.05) is 17.7 Å². The van der Waals surface area contributed by atoms with Crippen LogP contribution in [0.2, 0.25) is 0 Å². The van der Waals surface area contributed by atoms with Crippen LogP contribution in [0.25, 0.3) is 22.6 Å². The summed E-state index contributed by atoms with van der Waals surface area (Å²) < 4.78 is 45.8. The summed E-state index contributed by atoms with van der Waals surface area (Å²) in [7, 11) is 1.52. The van der Waals surface area contributed by atoms with E-state index in [9.17, 15) is 18.0 Å². The summed E-state index contributed by atoms with van der Waals surface area (Å²) in [5.41, 5.74) is 2.85. The third-order valence-electron chi connectivity index (χ3n) is 5.77. The van der Waals surface area contributed by atoms with E-state index in [-0.39, 0.29) is 12.5 Å². The molecular formula is C27H22F3N7O2. The molecule has 0 spiro atoms. The highest BCUT2D eigenvalue weighted by molar-refractivity contribution is 5.90. The summed E-state index contributed by atoms with van der Waals surface area (Å²) in [6.45, 7) is 1.68. The lowest BCUT2D eigenvalue weighted by Crippen LogP contribution is -2.06. The molecule has 2 N–H and O–H groups in total. The van der Waals surface area contributed by atoms with Crippen molar-refractivity contribution in [3.63, 3.8) is 0 Å². The van der Waals surface area contributed by atoms with Gasteiger partial charge in [-0.3, -0.25) is 4.79 Å².